The average Bonchev–Trinajstić information content (AvgIpc) is 2.88. The molecule has 0 radical (unpaired) electrons. The van der Waals surface area contributed by atoms with Crippen LogP contribution in [0.3, 0.4) is 0 Å². The normalized spacial score (nSPS) is 12.9. The molecule has 3 N–H and O–H groups in total. The average molecular weight is 608 g/mol. The van der Waals surface area contributed by atoms with Crippen LogP contribution in [0.2, 0.25) is 0 Å². The van der Waals surface area contributed by atoms with Crippen molar-refractivity contribution in [3.8, 4) is 17.0 Å². The number of hydrogen-bond donors (Lipinski definition) is 3. The Kier molecular flexibility index (Phi) is 10.4. The molecule has 43 heavy (non-hydrogen) atoms. The first-order valence-electron chi connectivity index (χ1n) is 13.2. The van der Waals surface area contributed by atoms with Gasteiger partial charge in [-0.1, -0.05) is 32.0 Å². The number of carboxylic acid groups (broad SMARTS) is 1. The van der Waals surface area contributed by atoms with Crippen molar-refractivity contribution >= 4 is 17.8 Å². The third-order valence-corrected chi connectivity index (χ3v) is 6.45. The molecule has 8 nitrogen and oxygen atoms in total. The Morgan fingerprint density at radius 1 is 1.00 bits per heavy atom. The number of aliphatic carboxylic acids is 1. The molecule has 0 aliphatic heterocycles. The molecule has 0 aliphatic carbocycles. The molecule has 2 aromatic carbocycles. The van der Waals surface area contributed by atoms with Crippen LogP contribution in [-0.2, 0) is 9.59 Å². The van der Waals surface area contributed by atoms with Gasteiger partial charge in [-0.3, -0.25) is 14.4 Å². The largest absolute Gasteiger partial charge is 0.574 e. The summed E-state index contributed by atoms with van der Waals surface area (Å²) in [7, 11) is 0. The lowest BCUT2D eigenvalue weighted by atomic mass is 9.92. The van der Waals surface area contributed by atoms with E-state index in [4.69, 9.17) is 0 Å². The number of amides is 2. The van der Waals surface area contributed by atoms with Crippen LogP contribution in [0.15, 0.2) is 48.7 Å². The maximum absolute atomic E-state index is 15.2. The Balaban J connectivity index is 1.98. The molecule has 0 fully saturated rings. The van der Waals surface area contributed by atoms with E-state index in [1.165, 1.54) is 12.1 Å². The van der Waals surface area contributed by atoms with Gasteiger partial charge >= 0.3 is 12.3 Å². The van der Waals surface area contributed by atoms with Crippen LogP contribution < -0.4 is 15.4 Å². The van der Waals surface area contributed by atoms with E-state index >= 15 is 4.39 Å². The first-order valence-corrected chi connectivity index (χ1v) is 13.2. The number of carbonyl (C=O) groups excluding carboxylic acids is 2. The van der Waals surface area contributed by atoms with Gasteiger partial charge in [0.2, 0.25) is 11.8 Å². The van der Waals surface area contributed by atoms with Crippen LogP contribution in [0, 0.1) is 31.4 Å². The van der Waals surface area contributed by atoms with Crippen molar-refractivity contribution in [3.63, 3.8) is 0 Å². The summed E-state index contributed by atoms with van der Waals surface area (Å²) >= 11 is 0. The molecule has 0 bridgehead atoms. The smallest absolute Gasteiger partial charge is 0.481 e. The number of carbonyl (C=O) groups is 3. The lowest BCUT2D eigenvalue weighted by Gasteiger charge is -2.25. The Morgan fingerprint density at radius 3 is 2.23 bits per heavy atom. The van der Waals surface area contributed by atoms with Crippen LogP contribution >= 0.6 is 0 Å². The predicted octanol–water partition coefficient (Wildman–Crippen LogP) is 6.02. The second-order valence-corrected chi connectivity index (χ2v) is 10.3. The summed E-state index contributed by atoms with van der Waals surface area (Å²) in [6.45, 7) is 6.94. The summed E-state index contributed by atoms with van der Waals surface area (Å²) in [5, 5.41) is 14.3. The van der Waals surface area contributed by atoms with E-state index in [0.717, 1.165) is 29.5 Å². The van der Waals surface area contributed by atoms with E-state index in [-0.39, 0.29) is 17.9 Å². The summed E-state index contributed by atoms with van der Waals surface area (Å²) in [6.07, 6.45) is -5.04. The number of aryl methyl sites for hydroxylation is 2. The molecule has 230 valence electrons. The summed E-state index contributed by atoms with van der Waals surface area (Å²) in [6, 6.07) is 6.79. The maximum atomic E-state index is 15.2. The Labute approximate surface area is 244 Å². The topological polar surface area (TPSA) is 118 Å². The van der Waals surface area contributed by atoms with E-state index < -0.39 is 71.3 Å². The first-order chi connectivity index (χ1) is 20.1. The minimum absolute atomic E-state index is 0.0353. The number of alkyl halides is 3. The van der Waals surface area contributed by atoms with E-state index in [1.807, 2.05) is 0 Å². The zero-order valence-electron chi connectivity index (χ0n) is 23.7. The van der Waals surface area contributed by atoms with Crippen molar-refractivity contribution < 1.29 is 46.2 Å². The molecule has 0 aliphatic rings. The monoisotopic (exact) mass is 607 g/mol. The molecule has 2 atom stereocenters. The molecular weight excluding hydrogens is 577 g/mol. The Morgan fingerprint density at radius 2 is 1.65 bits per heavy atom. The summed E-state index contributed by atoms with van der Waals surface area (Å²) in [5.41, 5.74) is 1.31. The molecule has 2 amide bonds. The summed E-state index contributed by atoms with van der Waals surface area (Å²) in [5.74, 6) is -7.44. The van der Waals surface area contributed by atoms with Gasteiger partial charge in [0, 0.05) is 11.8 Å². The molecule has 3 aromatic rings. The predicted molar refractivity (Wildman–Crippen MR) is 146 cm³/mol. The molecule has 13 heteroatoms. The number of ether oxygens (including phenoxy) is 1. The van der Waals surface area contributed by atoms with E-state index in [1.54, 1.807) is 45.9 Å². The Bertz CT molecular complexity index is 1490. The fourth-order valence-corrected chi connectivity index (χ4v) is 4.66. The lowest BCUT2D eigenvalue weighted by Crippen LogP contribution is -2.48. The van der Waals surface area contributed by atoms with Crippen LogP contribution in [0.25, 0.3) is 11.1 Å². The minimum Gasteiger partial charge on any atom is -0.481 e. The highest BCUT2D eigenvalue weighted by Gasteiger charge is 2.35. The first kappa shape index (κ1) is 33.0. The van der Waals surface area contributed by atoms with Crippen LogP contribution in [-0.4, -0.2) is 40.3 Å². The Hall–Kier alpha value is -4.55. The van der Waals surface area contributed by atoms with Crippen LogP contribution in [0.5, 0.6) is 5.88 Å². The number of aromatic nitrogens is 1. The van der Waals surface area contributed by atoms with Gasteiger partial charge in [0.05, 0.1) is 12.5 Å². The van der Waals surface area contributed by atoms with E-state index in [2.05, 4.69) is 20.4 Å². The fourth-order valence-electron chi connectivity index (χ4n) is 4.66. The van der Waals surface area contributed by atoms with Gasteiger partial charge in [0.25, 0.3) is 5.91 Å². The van der Waals surface area contributed by atoms with Gasteiger partial charge in [-0.2, -0.15) is 0 Å². The molecule has 3 rings (SSSR count). The highest BCUT2D eigenvalue weighted by molar-refractivity contribution is 5.99. The number of halogens is 5. The van der Waals surface area contributed by atoms with E-state index in [0.29, 0.717) is 5.56 Å². The number of carboxylic acids is 1. The van der Waals surface area contributed by atoms with Crippen molar-refractivity contribution in [1.82, 2.24) is 15.6 Å². The number of hydrogen-bond acceptors (Lipinski definition) is 5. The van der Waals surface area contributed by atoms with Gasteiger partial charge in [-0.05, 0) is 72.7 Å². The number of pyridine rings is 1. The zero-order chi connectivity index (χ0) is 32.1. The molecule has 0 saturated heterocycles. The summed E-state index contributed by atoms with van der Waals surface area (Å²) in [4.78, 5) is 41.6. The van der Waals surface area contributed by atoms with Gasteiger partial charge in [-0.25, -0.2) is 13.8 Å². The number of nitrogens with zero attached hydrogens (tertiary/aromatic N) is 1. The lowest BCUT2D eigenvalue weighted by molar-refractivity contribution is -0.276. The molecular formula is C30H30F5N3O5. The van der Waals surface area contributed by atoms with Gasteiger partial charge < -0.3 is 20.5 Å². The second-order valence-electron chi connectivity index (χ2n) is 10.3. The van der Waals surface area contributed by atoms with E-state index in [9.17, 15) is 37.1 Å². The second kappa shape index (κ2) is 13.6. The van der Waals surface area contributed by atoms with Crippen molar-refractivity contribution in [2.24, 2.45) is 5.92 Å². The van der Waals surface area contributed by atoms with Crippen LogP contribution in [0.4, 0.5) is 22.0 Å². The highest BCUT2D eigenvalue weighted by Crippen LogP contribution is 2.33. The maximum Gasteiger partial charge on any atom is 0.574 e. The number of rotatable bonds is 11. The third kappa shape index (κ3) is 8.72. The quantitative estimate of drug-likeness (QED) is 0.230. The molecule has 1 heterocycles. The standard InChI is InChI=1S/C30H30F5N3O5/c1-15(2)11-23(38-27(41)19-9-6-10-36-29(19)43-30(33,34)35)28(42)37-22(14-24(39)40)20-12-18(13-21(31)26(20)32)25-16(3)7-5-8-17(25)4/h5-10,12-13,15,22-23H,11,14H2,1-4H3,(H,37,42)(H,38,41)(H,39,40)/t22-,23-/m0/s1. The fraction of sp³-hybridized carbons (Fsp3) is 0.333. The number of benzene rings is 2. The van der Waals surface area contributed by atoms with Crippen molar-refractivity contribution in [2.45, 2.75) is 59.0 Å². The van der Waals surface area contributed by atoms with Crippen molar-refractivity contribution in [3.05, 3.63) is 82.5 Å². The highest BCUT2D eigenvalue weighted by atomic mass is 19.4. The third-order valence-electron chi connectivity index (χ3n) is 6.45. The molecule has 0 saturated carbocycles. The summed E-state index contributed by atoms with van der Waals surface area (Å²) < 4.78 is 72.4. The van der Waals surface area contributed by atoms with Gasteiger partial charge in [0.15, 0.2) is 11.6 Å². The van der Waals surface area contributed by atoms with Crippen molar-refractivity contribution in [2.75, 3.05) is 0 Å². The van der Waals surface area contributed by atoms with Gasteiger partial charge in [-0.15, -0.1) is 13.2 Å². The molecule has 0 spiro atoms. The van der Waals surface area contributed by atoms with Crippen molar-refractivity contribution in [1.29, 1.82) is 0 Å². The van der Waals surface area contributed by atoms with Crippen LogP contribution in [0.1, 0.15) is 59.8 Å². The SMILES string of the molecule is Cc1cccc(C)c1-c1cc(F)c(F)c([C@H](CC(=O)O)NC(=O)[C@H](CC(C)C)NC(=O)c2cccnc2OC(F)(F)F)c1. The zero-order valence-corrected chi connectivity index (χ0v) is 23.7. The molecule has 0 unspecified atom stereocenters. The molecule has 1 aromatic heterocycles. The minimum atomic E-state index is -5.15. The van der Waals surface area contributed by atoms with Gasteiger partial charge in [0.1, 0.15) is 11.6 Å². The number of nitrogens with one attached hydrogen (secondary N) is 2.